The number of hydrogen-bond acceptors (Lipinski definition) is 2. The quantitative estimate of drug-likeness (QED) is 0.847. The van der Waals surface area contributed by atoms with Crippen LogP contribution in [0.25, 0.3) is 0 Å². The molecule has 1 nitrogen and oxygen atoms in total. The molecule has 0 aliphatic heterocycles. The van der Waals surface area contributed by atoms with Gasteiger partial charge in [0.05, 0.1) is 3.79 Å². The van der Waals surface area contributed by atoms with Gasteiger partial charge in [-0.1, -0.05) is 12.8 Å². The Bertz CT molecular complexity index is 330. The Labute approximate surface area is 111 Å². The fraction of sp³-hybridized carbons (Fsp3) is 0.692. The Balaban J connectivity index is 1.88. The molecule has 1 heterocycles. The van der Waals surface area contributed by atoms with Gasteiger partial charge in [-0.3, -0.25) is 0 Å². The molecule has 2 rings (SSSR count). The Hall–Kier alpha value is 0.140. The molecule has 1 fully saturated rings. The number of rotatable bonds is 4. The molecule has 1 aliphatic rings. The van der Waals surface area contributed by atoms with Gasteiger partial charge in [-0.2, -0.15) is 0 Å². The molecule has 1 saturated carbocycles. The van der Waals surface area contributed by atoms with Crippen molar-refractivity contribution < 1.29 is 0 Å². The van der Waals surface area contributed by atoms with E-state index < -0.39 is 0 Å². The van der Waals surface area contributed by atoms with Gasteiger partial charge in [-0.05, 0) is 60.7 Å². The molecular formula is C13H20BrNS. The van der Waals surface area contributed by atoms with Crippen molar-refractivity contribution in [2.24, 2.45) is 5.92 Å². The van der Waals surface area contributed by atoms with Crippen LogP contribution in [0.5, 0.6) is 0 Å². The monoisotopic (exact) mass is 301 g/mol. The second kappa shape index (κ2) is 5.65. The summed E-state index contributed by atoms with van der Waals surface area (Å²) in [7, 11) is 0. The number of hydrogen-bond donors (Lipinski definition) is 1. The average molecular weight is 302 g/mol. The van der Waals surface area contributed by atoms with Crippen molar-refractivity contribution in [3.8, 4) is 0 Å². The summed E-state index contributed by atoms with van der Waals surface area (Å²) in [5.74, 6) is 0.894. The molecule has 1 N–H and O–H groups in total. The third kappa shape index (κ3) is 3.08. The zero-order chi connectivity index (χ0) is 11.5. The summed E-state index contributed by atoms with van der Waals surface area (Å²) >= 11 is 5.36. The van der Waals surface area contributed by atoms with Crippen LogP contribution < -0.4 is 5.32 Å². The SMILES string of the molecule is CC(NC(C)C1CCCC1)c1ccc(Br)s1. The van der Waals surface area contributed by atoms with Crippen molar-refractivity contribution in [2.75, 3.05) is 0 Å². The van der Waals surface area contributed by atoms with Crippen LogP contribution in [0.1, 0.15) is 50.4 Å². The first-order chi connectivity index (χ1) is 7.66. The van der Waals surface area contributed by atoms with Gasteiger partial charge >= 0.3 is 0 Å². The lowest BCUT2D eigenvalue weighted by molar-refractivity contribution is 0.354. The first-order valence-corrected chi connectivity index (χ1v) is 7.79. The second-order valence-electron chi connectivity index (χ2n) is 4.86. The van der Waals surface area contributed by atoms with Crippen molar-refractivity contribution in [2.45, 2.75) is 51.6 Å². The molecule has 0 saturated heterocycles. The molecule has 1 aliphatic carbocycles. The maximum atomic E-state index is 3.74. The first-order valence-electron chi connectivity index (χ1n) is 6.18. The molecule has 0 radical (unpaired) electrons. The van der Waals surface area contributed by atoms with Crippen molar-refractivity contribution in [1.82, 2.24) is 5.32 Å². The fourth-order valence-electron chi connectivity index (χ4n) is 2.63. The summed E-state index contributed by atoms with van der Waals surface area (Å²) in [4.78, 5) is 1.43. The molecule has 1 aromatic heterocycles. The van der Waals surface area contributed by atoms with Gasteiger partial charge in [0, 0.05) is 17.0 Å². The third-order valence-corrected chi connectivity index (χ3v) is 5.45. The van der Waals surface area contributed by atoms with Crippen LogP contribution in [0.2, 0.25) is 0 Å². The molecule has 0 aromatic carbocycles. The molecule has 1 aromatic rings. The molecule has 0 amide bonds. The highest BCUT2D eigenvalue weighted by Gasteiger charge is 2.23. The van der Waals surface area contributed by atoms with Crippen LogP contribution in [-0.4, -0.2) is 6.04 Å². The van der Waals surface area contributed by atoms with Gasteiger partial charge in [0.15, 0.2) is 0 Å². The van der Waals surface area contributed by atoms with Crippen molar-refractivity contribution in [1.29, 1.82) is 0 Å². The van der Waals surface area contributed by atoms with E-state index in [9.17, 15) is 0 Å². The zero-order valence-corrected chi connectivity index (χ0v) is 12.4. The third-order valence-electron chi connectivity index (χ3n) is 3.64. The highest BCUT2D eigenvalue weighted by atomic mass is 79.9. The largest absolute Gasteiger partial charge is 0.307 e. The number of thiophene rings is 1. The maximum Gasteiger partial charge on any atom is 0.0701 e. The maximum absolute atomic E-state index is 3.74. The van der Waals surface area contributed by atoms with Gasteiger partial charge in [0.1, 0.15) is 0 Å². The first kappa shape index (κ1) is 12.6. The van der Waals surface area contributed by atoms with Gasteiger partial charge in [0.25, 0.3) is 0 Å². The Morgan fingerprint density at radius 1 is 1.31 bits per heavy atom. The summed E-state index contributed by atoms with van der Waals surface area (Å²) in [6.07, 6.45) is 5.68. The van der Waals surface area contributed by atoms with E-state index in [1.165, 1.54) is 34.3 Å². The summed E-state index contributed by atoms with van der Waals surface area (Å²) in [5.41, 5.74) is 0. The predicted octanol–water partition coefficient (Wildman–Crippen LogP) is 4.74. The lowest BCUT2D eigenvalue weighted by Crippen LogP contribution is -2.33. The summed E-state index contributed by atoms with van der Waals surface area (Å²) in [6, 6.07) is 5.48. The highest BCUT2D eigenvalue weighted by molar-refractivity contribution is 9.11. The van der Waals surface area contributed by atoms with Gasteiger partial charge in [0.2, 0.25) is 0 Å². The fourth-order valence-corrected chi connectivity index (χ4v) is 4.07. The summed E-state index contributed by atoms with van der Waals surface area (Å²) < 4.78 is 1.23. The molecule has 0 bridgehead atoms. The minimum absolute atomic E-state index is 0.479. The van der Waals surface area contributed by atoms with Crippen LogP contribution in [0.15, 0.2) is 15.9 Å². The second-order valence-corrected chi connectivity index (χ2v) is 7.36. The Morgan fingerprint density at radius 3 is 2.56 bits per heavy atom. The summed E-state index contributed by atoms with van der Waals surface area (Å²) in [6.45, 7) is 4.61. The minimum Gasteiger partial charge on any atom is -0.307 e. The molecule has 3 heteroatoms. The number of nitrogens with one attached hydrogen (secondary N) is 1. The molecule has 90 valence electrons. The Kier molecular flexibility index (Phi) is 4.45. The van der Waals surface area contributed by atoms with Crippen molar-refractivity contribution >= 4 is 27.3 Å². The average Bonchev–Trinajstić information content (AvgIpc) is 2.87. The molecule has 2 unspecified atom stereocenters. The van der Waals surface area contributed by atoms with E-state index in [1.807, 2.05) is 11.3 Å². The minimum atomic E-state index is 0.479. The predicted molar refractivity (Wildman–Crippen MR) is 75.0 cm³/mol. The smallest absolute Gasteiger partial charge is 0.0701 e. The van der Waals surface area contributed by atoms with E-state index in [2.05, 4.69) is 47.2 Å². The normalized spacial score (nSPS) is 21.2. The lowest BCUT2D eigenvalue weighted by atomic mass is 9.99. The molecule has 2 atom stereocenters. The lowest BCUT2D eigenvalue weighted by Gasteiger charge is -2.24. The standard InChI is InChI=1S/C13H20BrNS/c1-9(11-5-3-4-6-11)15-10(2)12-7-8-13(14)16-12/h7-11,15H,3-6H2,1-2H3. The highest BCUT2D eigenvalue weighted by Crippen LogP contribution is 2.31. The van der Waals surface area contributed by atoms with E-state index in [0.29, 0.717) is 12.1 Å². The topological polar surface area (TPSA) is 12.0 Å². The van der Waals surface area contributed by atoms with E-state index >= 15 is 0 Å². The molecule has 0 spiro atoms. The van der Waals surface area contributed by atoms with Crippen molar-refractivity contribution in [3.05, 3.63) is 20.8 Å². The van der Waals surface area contributed by atoms with E-state index in [-0.39, 0.29) is 0 Å². The van der Waals surface area contributed by atoms with Gasteiger partial charge < -0.3 is 5.32 Å². The van der Waals surface area contributed by atoms with E-state index in [4.69, 9.17) is 0 Å². The Morgan fingerprint density at radius 2 is 2.00 bits per heavy atom. The van der Waals surface area contributed by atoms with Gasteiger partial charge in [-0.15, -0.1) is 11.3 Å². The van der Waals surface area contributed by atoms with Crippen LogP contribution in [0.4, 0.5) is 0 Å². The van der Waals surface area contributed by atoms with Crippen LogP contribution in [-0.2, 0) is 0 Å². The van der Waals surface area contributed by atoms with Crippen LogP contribution in [0.3, 0.4) is 0 Å². The van der Waals surface area contributed by atoms with E-state index in [1.54, 1.807) is 0 Å². The van der Waals surface area contributed by atoms with Crippen LogP contribution >= 0.6 is 27.3 Å². The summed E-state index contributed by atoms with van der Waals surface area (Å²) in [5, 5.41) is 3.74. The molecule has 16 heavy (non-hydrogen) atoms. The van der Waals surface area contributed by atoms with Crippen molar-refractivity contribution in [3.63, 3.8) is 0 Å². The van der Waals surface area contributed by atoms with Gasteiger partial charge in [-0.25, -0.2) is 0 Å². The zero-order valence-electron chi connectivity index (χ0n) is 10.0. The number of halogens is 1. The molecular weight excluding hydrogens is 282 g/mol. The van der Waals surface area contributed by atoms with Crippen LogP contribution in [0, 0.1) is 5.92 Å². The van der Waals surface area contributed by atoms with E-state index in [0.717, 1.165) is 5.92 Å².